The van der Waals surface area contributed by atoms with Crippen molar-refractivity contribution in [3.63, 3.8) is 0 Å². The Labute approximate surface area is 148 Å². The summed E-state index contributed by atoms with van der Waals surface area (Å²) in [5.41, 5.74) is 8.89. The molecule has 4 nitrogen and oxygen atoms in total. The molecule has 1 fully saturated rings. The van der Waals surface area contributed by atoms with Gasteiger partial charge in [0.15, 0.2) is 0 Å². The zero-order valence-corrected chi connectivity index (χ0v) is 14.5. The minimum absolute atomic E-state index is 0.233. The first-order chi connectivity index (χ1) is 12.1. The Hall–Kier alpha value is -2.62. The standard InChI is InChI=1S/C21H24N2O2/c1-14-6-5-9-18(19(14)20(22)24)23-21(25)17-12-10-16(11-13-17)15-7-3-2-4-8-15/h5-6,9-13,15H,2-4,7-8H2,1H3,(H2,22,24)(H,23,25). The normalized spacial score (nSPS) is 14.9. The van der Waals surface area contributed by atoms with E-state index in [1.54, 1.807) is 25.1 Å². The monoisotopic (exact) mass is 336 g/mol. The smallest absolute Gasteiger partial charge is 0.255 e. The number of carbonyl (C=O) groups excluding carboxylic acids is 2. The molecule has 0 atom stereocenters. The van der Waals surface area contributed by atoms with Gasteiger partial charge in [0.25, 0.3) is 11.8 Å². The number of hydrogen-bond donors (Lipinski definition) is 2. The summed E-state index contributed by atoms with van der Waals surface area (Å²) < 4.78 is 0. The molecule has 2 aromatic rings. The Morgan fingerprint density at radius 3 is 2.32 bits per heavy atom. The topological polar surface area (TPSA) is 72.2 Å². The molecule has 2 amide bonds. The Morgan fingerprint density at radius 1 is 1.00 bits per heavy atom. The van der Waals surface area contributed by atoms with Crippen molar-refractivity contribution in [2.75, 3.05) is 5.32 Å². The molecule has 130 valence electrons. The van der Waals surface area contributed by atoms with Crippen molar-refractivity contribution >= 4 is 17.5 Å². The molecule has 1 aliphatic carbocycles. The molecule has 1 aliphatic rings. The van der Waals surface area contributed by atoms with E-state index in [2.05, 4.69) is 17.4 Å². The van der Waals surface area contributed by atoms with Crippen molar-refractivity contribution in [1.82, 2.24) is 0 Å². The van der Waals surface area contributed by atoms with Gasteiger partial charge in [-0.1, -0.05) is 43.5 Å². The van der Waals surface area contributed by atoms with Gasteiger partial charge in [-0.15, -0.1) is 0 Å². The van der Waals surface area contributed by atoms with E-state index in [0.29, 0.717) is 22.7 Å². The Kier molecular flexibility index (Phi) is 5.17. The summed E-state index contributed by atoms with van der Waals surface area (Å²) in [5, 5.41) is 2.81. The largest absolute Gasteiger partial charge is 0.366 e. The lowest BCUT2D eigenvalue weighted by Crippen LogP contribution is -2.19. The zero-order chi connectivity index (χ0) is 17.8. The van der Waals surface area contributed by atoms with Gasteiger partial charge in [0.2, 0.25) is 0 Å². The molecule has 0 saturated heterocycles. The number of anilines is 1. The molecule has 0 aromatic heterocycles. The maximum atomic E-state index is 12.5. The highest BCUT2D eigenvalue weighted by molar-refractivity contribution is 6.09. The van der Waals surface area contributed by atoms with Crippen molar-refractivity contribution in [1.29, 1.82) is 0 Å². The molecule has 0 radical (unpaired) electrons. The van der Waals surface area contributed by atoms with Crippen LogP contribution in [0, 0.1) is 6.92 Å². The van der Waals surface area contributed by atoms with Crippen molar-refractivity contribution in [3.8, 4) is 0 Å². The number of nitrogens with two attached hydrogens (primary N) is 1. The Bertz CT molecular complexity index is 775. The predicted molar refractivity (Wildman–Crippen MR) is 99.9 cm³/mol. The molecular formula is C21H24N2O2. The average molecular weight is 336 g/mol. The molecule has 2 aromatic carbocycles. The first kappa shape index (κ1) is 17.2. The first-order valence-corrected chi connectivity index (χ1v) is 8.87. The highest BCUT2D eigenvalue weighted by Gasteiger charge is 2.17. The van der Waals surface area contributed by atoms with Crippen LogP contribution in [-0.4, -0.2) is 11.8 Å². The molecule has 1 saturated carbocycles. The van der Waals surface area contributed by atoms with E-state index in [-0.39, 0.29) is 5.91 Å². The van der Waals surface area contributed by atoms with E-state index in [0.717, 1.165) is 5.56 Å². The van der Waals surface area contributed by atoms with E-state index in [1.165, 1.54) is 37.7 Å². The molecule has 0 unspecified atom stereocenters. The third-order valence-electron chi connectivity index (χ3n) is 5.02. The summed E-state index contributed by atoms with van der Waals surface area (Å²) in [6.07, 6.45) is 6.37. The van der Waals surface area contributed by atoms with Gasteiger partial charge in [0.05, 0.1) is 11.3 Å². The van der Waals surface area contributed by atoms with Crippen LogP contribution in [0.25, 0.3) is 0 Å². The lowest BCUT2D eigenvalue weighted by molar-refractivity contribution is 0.100. The maximum absolute atomic E-state index is 12.5. The molecule has 3 rings (SSSR count). The molecule has 0 aliphatic heterocycles. The second-order valence-electron chi connectivity index (χ2n) is 6.77. The van der Waals surface area contributed by atoms with Crippen LogP contribution in [0.15, 0.2) is 42.5 Å². The van der Waals surface area contributed by atoms with Crippen molar-refractivity contribution < 1.29 is 9.59 Å². The molecule has 3 N–H and O–H groups in total. The van der Waals surface area contributed by atoms with Gasteiger partial charge in [-0.25, -0.2) is 0 Å². The maximum Gasteiger partial charge on any atom is 0.255 e. The number of carbonyl (C=O) groups is 2. The first-order valence-electron chi connectivity index (χ1n) is 8.87. The quantitative estimate of drug-likeness (QED) is 0.869. The second-order valence-corrected chi connectivity index (χ2v) is 6.77. The van der Waals surface area contributed by atoms with Crippen LogP contribution in [0.2, 0.25) is 0 Å². The van der Waals surface area contributed by atoms with Crippen molar-refractivity contribution in [3.05, 3.63) is 64.7 Å². The van der Waals surface area contributed by atoms with Crippen LogP contribution in [0.5, 0.6) is 0 Å². The van der Waals surface area contributed by atoms with Crippen LogP contribution in [0.3, 0.4) is 0 Å². The second kappa shape index (κ2) is 7.51. The minimum Gasteiger partial charge on any atom is -0.366 e. The fraction of sp³-hybridized carbons (Fsp3) is 0.333. The number of benzene rings is 2. The van der Waals surface area contributed by atoms with E-state index in [9.17, 15) is 9.59 Å². The van der Waals surface area contributed by atoms with E-state index in [1.807, 2.05) is 12.1 Å². The summed E-state index contributed by atoms with van der Waals surface area (Å²) in [7, 11) is 0. The Balaban J connectivity index is 1.76. The van der Waals surface area contributed by atoms with Crippen LogP contribution in [0.4, 0.5) is 5.69 Å². The van der Waals surface area contributed by atoms with Gasteiger partial charge in [0, 0.05) is 5.56 Å². The summed E-state index contributed by atoms with van der Waals surface area (Å²) in [6.45, 7) is 1.80. The summed E-state index contributed by atoms with van der Waals surface area (Å²) in [6, 6.07) is 13.1. The van der Waals surface area contributed by atoms with Crippen LogP contribution < -0.4 is 11.1 Å². The van der Waals surface area contributed by atoms with Crippen molar-refractivity contribution in [2.24, 2.45) is 5.73 Å². The van der Waals surface area contributed by atoms with Gasteiger partial charge in [-0.3, -0.25) is 9.59 Å². The fourth-order valence-corrected chi connectivity index (χ4v) is 3.64. The average Bonchev–Trinajstić information content (AvgIpc) is 2.62. The number of hydrogen-bond acceptors (Lipinski definition) is 2. The number of primary amides is 1. The van der Waals surface area contributed by atoms with Crippen LogP contribution in [0.1, 0.15) is 69.9 Å². The molecule has 0 spiro atoms. The van der Waals surface area contributed by atoms with E-state index >= 15 is 0 Å². The SMILES string of the molecule is Cc1cccc(NC(=O)c2ccc(C3CCCCC3)cc2)c1C(N)=O. The molecule has 25 heavy (non-hydrogen) atoms. The molecule has 0 heterocycles. The number of nitrogens with one attached hydrogen (secondary N) is 1. The fourth-order valence-electron chi connectivity index (χ4n) is 3.64. The number of rotatable bonds is 4. The van der Waals surface area contributed by atoms with Gasteiger partial charge >= 0.3 is 0 Å². The lowest BCUT2D eigenvalue weighted by atomic mass is 9.84. The number of aryl methyl sites for hydroxylation is 1. The molecule has 4 heteroatoms. The lowest BCUT2D eigenvalue weighted by Gasteiger charge is -2.22. The van der Waals surface area contributed by atoms with Crippen LogP contribution >= 0.6 is 0 Å². The van der Waals surface area contributed by atoms with Gasteiger partial charge < -0.3 is 11.1 Å². The van der Waals surface area contributed by atoms with E-state index < -0.39 is 5.91 Å². The summed E-state index contributed by atoms with van der Waals surface area (Å²) in [5.74, 6) is -0.159. The Morgan fingerprint density at radius 2 is 1.68 bits per heavy atom. The summed E-state index contributed by atoms with van der Waals surface area (Å²) >= 11 is 0. The highest BCUT2D eigenvalue weighted by Crippen LogP contribution is 2.32. The third kappa shape index (κ3) is 3.90. The number of amides is 2. The minimum atomic E-state index is -0.541. The van der Waals surface area contributed by atoms with Crippen molar-refractivity contribution in [2.45, 2.75) is 44.9 Å². The van der Waals surface area contributed by atoms with Crippen LogP contribution in [-0.2, 0) is 0 Å². The third-order valence-corrected chi connectivity index (χ3v) is 5.02. The summed E-state index contributed by atoms with van der Waals surface area (Å²) in [4.78, 5) is 24.2. The predicted octanol–water partition coefficient (Wildman–Crippen LogP) is 4.39. The van der Waals surface area contributed by atoms with E-state index in [4.69, 9.17) is 5.73 Å². The van der Waals surface area contributed by atoms with Gasteiger partial charge in [-0.2, -0.15) is 0 Å². The molecule has 0 bridgehead atoms. The van der Waals surface area contributed by atoms with Gasteiger partial charge in [-0.05, 0) is 55.0 Å². The highest BCUT2D eigenvalue weighted by atomic mass is 16.2. The van der Waals surface area contributed by atoms with Gasteiger partial charge in [0.1, 0.15) is 0 Å². The zero-order valence-electron chi connectivity index (χ0n) is 14.5. The molecular weight excluding hydrogens is 312 g/mol.